The SMILES string of the molecule is CNC(=O)C[C@H]1CN(C(C)C)Cc2ccnn21. The van der Waals surface area contributed by atoms with Crippen LogP contribution in [0.1, 0.15) is 32.0 Å². The average Bonchev–Trinajstić information content (AvgIpc) is 2.76. The van der Waals surface area contributed by atoms with Crippen LogP contribution in [0.4, 0.5) is 0 Å². The van der Waals surface area contributed by atoms with Crippen LogP contribution in [0.5, 0.6) is 0 Å². The Hall–Kier alpha value is -1.36. The lowest BCUT2D eigenvalue weighted by Crippen LogP contribution is -2.42. The summed E-state index contributed by atoms with van der Waals surface area (Å²) in [6.45, 7) is 6.17. The summed E-state index contributed by atoms with van der Waals surface area (Å²) in [5, 5.41) is 7.01. The Bertz CT molecular complexity index is 399. The molecule has 0 saturated heterocycles. The molecule has 1 amide bonds. The van der Waals surface area contributed by atoms with E-state index in [1.165, 1.54) is 5.69 Å². The second kappa shape index (κ2) is 4.87. The largest absolute Gasteiger partial charge is 0.359 e. The third kappa shape index (κ3) is 2.49. The molecule has 2 rings (SSSR count). The molecule has 1 aromatic rings. The van der Waals surface area contributed by atoms with Crippen LogP contribution < -0.4 is 5.32 Å². The van der Waals surface area contributed by atoms with Gasteiger partial charge in [-0.1, -0.05) is 0 Å². The maximum absolute atomic E-state index is 11.5. The van der Waals surface area contributed by atoms with Gasteiger partial charge < -0.3 is 5.32 Å². The molecule has 0 aliphatic carbocycles. The number of amides is 1. The molecule has 1 aromatic heterocycles. The van der Waals surface area contributed by atoms with Crippen molar-refractivity contribution in [2.45, 2.75) is 38.9 Å². The van der Waals surface area contributed by atoms with Crippen molar-refractivity contribution in [2.24, 2.45) is 0 Å². The molecule has 0 spiro atoms. The number of rotatable bonds is 3. The van der Waals surface area contributed by atoms with Crippen LogP contribution in [0, 0.1) is 0 Å². The van der Waals surface area contributed by atoms with E-state index in [1.54, 1.807) is 7.05 Å². The van der Waals surface area contributed by atoms with E-state index in [4.69, 9.17) is 0 Å². The second-order valence-corrected chi connectivity index (χ2v) is 4.82. The van der Waals surface area contributed by atoms with Crippen LogP contribution >= 0.6 is 0 Å². The van der Waals surface area contributed by atoms with Gasteiger partial charge in [0.1, 0.15) is 0 Å². The second-order valence-electron chi connectivity index (χ2n) is 4.82. The zero-order chi connectivity index (χ0) is 12.4. The molecule has 0 unspecified atom stereocenters. The van der Waals surface area contributed by atoms with Crippen LogP contribution in [0.3, 0.4) is 0 Å². The Morgan fingerprint density at radius 1 is 1.65 bits per heavy atom. The topological polar surface area (TPSA) is 50.2 Å². The monoisotopic (exact) mass is 236 g/mol. The molecule has 5 heteroatoms. The minimum atomic E-state index is 0.0713. The van der Waals surface area contributed by atoms with Gasteiger partial charge in [-0.2, -0.15) is 5.10 Å². The standard InChI is InChI=1S/C12H20N4O/c1-9(2)15-7-10-4-5-14-16(10)11(8-15)6-12(17)13-3/h4-5,9,11H,6-8H2,1-3H3,(H,13,17)/t11-/m0/s1. The quantitative estimate of drug-likeness (QED) is 0.844. The summed E-state index contributed by atoms with van der Waals surface area (Å²) in [5.41, 5.74) is 1.19. The number of aromatic nitrogens is 2. The number of nitrogens with zero attached hydrogens (tertiary/aromatic N) is 3. The Kier molecular flexibility index (Phi) is 3.47. The predicted molar refractivity (Wildman–Crippen MR) is 65.5 cm³/mol. The third-order valence-corrected chi connectivity index (χ3v) is 3.34. The fraction of sp³-hybridized carbons (Fsp3) is 0.667. The predicted octanol–water partition coefficient (Wildman–Crippen LogP) is 0.784. The van der Waals surface area contributed by atoms with Gasteiger partial charge in [-0.15, -0.1) is 0 Å². The number of carbonyl (C=O) groups is 1. The summed E-state index contributed by atoms with van der Waals surface area (Å²) in [7, 11) is 1.68. The van der Waals surface area contributed by atoms with Crippen LogP contribution in [0.25, 0.3) is 0 Å². The van der Waals surface area contributed by atoms with Gasteiger partial charge in [0.15, 0.2) is 0 Å². The summed E-state index contributed by atoms with van der Waals surface area (Å²) in [5.74, 6) is 0.0713. The highest BCUT2D eigenvalue weighted by Crippen LogP contribution is 2.24. The van der Waals surface area contributed by atoms with Gasteiger partial charge in [-0.3, -0.25) is 14.4 Å². The molecule has 0 aromatic carbocycles. The zero-order valence-corrected chi connectivity index (χ0v) is 10.7. The van der Waals surface area contributed by atoms with Crippen molar-refractivity contribution in [3.8, 4) is 0 Å². The Morgan fingerprint density at radius 3 is 3.06 bits per heavy atom. The molecule has 94 valence electrons. The molecule has 0 radical (unpaired) electrons. The minimum Gasteiger partial charge on any atom is -0.359 e. The van der Waals surface area contributed by atoms with Crippen LogP contribution in [0.15, 0.2) is 12.3 Å². The first-order chi connectivity index (χ1) is 8.11. The lowest BCUT2D eigenvalue weighted by Gasteiger charge is -2.36. The highest BCUT2D eigenvalue weighted by atomic mass is 16.1. The van der Waals surface area contributed by atoms with Crippen molar-refractivity contribution in [3.63, 3.8) is 0 Å². The molecule has 1 N–H and O–H groups in total. The van der Waals surface area contributed by atoms with E-state index in [1.807, 2.05) is 16.9 Å². The molecule has 0 saturated carbocycles. The maximum atomic E-state index is 11.5. The van der Waals surface area contributed by atoms with Gasteiger partial charge >= 0.3 is 0 Å². The van der Waals surface area contributed by atoms with E-state index in [9.17, 15) is 4.79 Å². The van der Waals surface area contributed by atoms with Gasteiger partial charge in [-0.05, 0) is 19.9 Å². The number of hydrogen-bond donors (Lipinski definition) is 1. The van der Waals surface area contributed by atoms with Crippen molar-refractivity contribution in [1.82, 2.24) is 20.0 Å². The smallest absolute Gasteiger partial charge is 0.221 e. The Balaban J connectivity index is 2.18. The summed E-state index contributed by atoms with van der Waals surface area (Å²) in [6, 6.07) is 2.67. The van der Waals surface area contributed by atoms with Gasteiger partial charge in [0, 0.05) is 32.4 Å². The molecule has 1 atom stereocenters. The van der Waals surface area contributed by atoms with Gasteiger partial charge in [0.25, 0.3) is 0 Å². The third-order valence-electron chi connectivity index (χ3n) is 3.34. The van der Waals surface area contributed by atoms with E-state index in [-0.39, 0.29) is 11.9 Å². The Morgan fingerprint density at radius 2 is 2.41 bits per heavy atom. The van der Waals surface area contributed by atoms with E-state index >= 15 is 0 Å². The molecule has 5 nitrogen and oxygen atoms in total. The lowest BCUT2D eigenvalue weighted by atomic mass is 10.1. The number of fused-ring (bicyclic) bond motifs is 1. The highest BCUT2D eigenvalue weighted by Gasteiger charge is 2.28. The van der Waals surface area contributed by atoms with Crippen molar-refractivity contribution >= 4 is 5.91 Å². The summed E-state index contributed by atoms with van der Waals surface area (Å²) >= 11 is 0. The normalized spacial score (nSPS) is 20.4. The summed E-state index contributed by atoms with van der Waals surface area (Å²) in [6.07, 6.45) is 2.31. The van der Waals surface area contributed by atoms with Gasteiger partial charge in [0.2, 0.25) is 5.91 Å². The van der Waals surface area contributed by atoms with Crippen molar-refractivity contribution in [3.05, 3.63) is 18.0 Å². The van der Waals surface area contributed by atoms with Crippen molar-refractivity contribution in [1.29, 1.82) is 0 Å². The molecule has 17 heavy (non-hydrogen) atoms. The molecular weight excluding hydrogens is 216 g/mol. The van der Waals surface area contributed by atoms with Crippen LogP contribution in [0.2, 0.25) is 0 Å². The first kappa shape index (κ1) is 12.1. The number of carbonyl (C=O) groups excluding carboxylic acids is 1. The van der Waals surface area contributed by atoms with Crippen LogP contribution in [-0.2, 0) is 11.3 Å². The average molecular weight is 236 g/mol. The fourth-order valence-electron chi connectivity index (χ4n) is 2.28. The number of hydrogen-bond acceptors (Lipinski definition) is 3. The molecular formula is C12H20N4O. The van der Waals surface area contributed by atoms with Crippen LogP contribution in [-0.4, -0.2) is 40.2 Å². The van der Waals surface area contributed by atoms with Gasteiger partial charge in [0.05, 0.1) is 18.2 Å². The summed E-state index contributed by atoms with van der Waals surface area (Å²) < 4.78 is 1.99. The molecule has 1 aliphatic rings. The van der Waals surface area contributed by atoms with Gasteiger partial charge in [-0.25, -0.2) is 0 Å². The first-order valence-electron chi connectivity index (χ1n) is 6.09. The van der Waals surface area contributed by atoms with E-state index < -0.39 is 0 Å². The fourth-order valence-corrected chi connectivity index (χ4v) is 2.28. The molecule has 0 bridgehead atoms. The summed E-state index contributed by atoms with van der Waals surface area (Å²) in [4.78, 5) is 13.9. The Labute approximate surface area is 102 Å². The molecule has 0 fully saturated rings. The van der Waals surface area contributed by atoms with E-state index in [0.29, 0.717) is 12.5 Å². The lowest BCUT2D eigenvalue weighted by molar-refractivity contribution is -0.121. The highest BCUT2D eigenvalue weighted by molar-refractivity contribution is 5.76. The van der Waals surface area contributed by atoms with E-state index in [2.05, 4.69) is 29.2 Å². The first-order valence-corrected chi connectivity index (χ1v) is 6.09. The zero-order valence-electron chi connectivity index (χ0n) is 10.7. The molecule has 2 heterocycles. The maximum Gasteiger partial charge on any atom is 0.221 e. The minimum absolute atomic E-state index is 0.0713. The number of nitrogens with one attached hydrogen (secondary N) is 1. The van der Waals surface area contributed by atoms with E-state index in [0.717, 1.165) is 13.1 Å². The van der Waals surface area contributed by atoms with Crippen molar-refractivity contribution in [2.75, 3.05) is 13.6 Å². The molecule has 1 aliphatic heterocycles. The van der Waals surface area contributed by atoms with Crippen molar-refractivity contribution < 1.29 is 4.79 Å².